The molecule has 18 heavy (non-hydrogen) atoms. The van der Waals surface area contributed by atoms with Crippen molar-refractivity contribution in [1.29, 1.82) is 0 Å². The van der Waals surface area contributed by atoms with Crippen molar-refractivity contribution in [3.05, 3.63) is 11.8 Å². The Labute approximate surface area is 113 Å². The van der Waals surface area contributed by atoms with Gasteiger partial charge in [0.15, 0.2) is 0 Å². The highest BCUT2D eigenvalue weighted by atomic mass is 32.1. The minimum Gasteiger partial charge on any atom is -0.389 e. The normalized spacial score (nSPS) is 10.3. The van der Waals surface area contributed by atoms with Gasteiger partial charge in [-0.05, 0) is 6.42 Å². The molecule has 0 unspecified atom stereocenters. The van der Waals surface area contributed by atoms with E-state index in [0.29, 0.717) is 17.8 Å². The molecule has 0 aromatic carbocycles. The van der Waals surface area contributed by atoms with Gasteiger partial charge < -0.3 is 11.1 Å². The molecule has 0 atom stereocenters. The van der Waals surface area contributed by atoms with Crippen molar-refractivity contribution in [1.82, 2.24) is 10.2 Å². The van der Waals surface area contributed by atoms with Crippen LogP contribution >= 0.6 is 12.2 Å². The highest BCUT2D eigenvalue weighted by Gasteiger charge is 2.10. The van der Waals surface area contributed by atoms with Crippen LogP contribution in [0.1, 0.15) is 51.0 Å². The molecule has 1 amide bonds. The van der Waals surface area contributed by atoms with Crippen LogP contribution in [-0.2, 0) is 4.79 Å². The van der Waals surface area contributed by atoms with E-state index in [1.165, 1.54) is 25.5 Å². The summed E-state index contributed by atoms with van der Waals surface area (Å²) in [6.45, 7) is 2.17. The maximum absolute atomic E-state index is 11.7. The molecule has 0 fully saturated rings. The summed E-state index contributed by atoms with van der Waals surface area (Å²) in [5, 5.41) is 9.23. The van der Waals surface area contributed by atoms with Crippen LogP contribution in [0.3, 0.4) is 0 Å². The van der Waals surface area contributed by atoms with Crippen molar-refractivity contribution in [2.45, 2.75) is 45.4 Å². The molecule has 6 heteroatoms. The van der Waals surface area contributed by atoms with Crippen LogP contribution in [-0.4, -0.2) is 21.1 Å². The number of rotatable bonds is 8. The number of hydrogen-bond acceptors (Lipinski definition) is 3. The van der Waals surface area contributed by atoms with E-state index in [-0.39, 0.29) is 10.9 Å². The Morgan fingerprint density at radius 1 is 1.44 bits per heavy atom. The quantitative estimate of drug-likeness (QED) is 0.499. The van der Waals surface area contributed by atoms with Crippen molar-refractivity contribution >= 4 is 28.9 Å². The number of carbonyl (C=O) groups is 1. The molecule has 100 valence electrons. The predicted octanol–water partition coefficient (Wildman–Crippen LogP) is 2.34. The number of anilines is 1. The lowest BCUT2D eigenvalue weighted by Gasteiger charge is -2.04. The number of aromatic amines is 1. The molecule has 0 aliphatic carbocycles. The van der Waals surface area contributed by atoms with Gasteiger partial charge in [0, 0.05) is 6.42 Å². The number of nitrogens with one attached hydrogen (secondary N) is 2. The van der Waals surface area contributed by atoms with Crippen LogP contribution in [0.15, 0.2) is 6.20 Å². The number of nitrogens with two attached hydrogens (primary N) is 1. The molecule has 0 saturated carbocycles. The summed E-state index contributed by atoms with van der Waals surface area (Å²) in [5.41, 5.74) is 6.08. The van der Waals surface area contributed by atoms with Gasteiger partial charge in [-0.15, -0.1) is 0 Å². The van der Waals surface area contributed by atoms with Crippen LogP contribution in [0.25, 0.3) is 0 Å². The van der Waals surface area contributed by atoms with E-state index in [4.69, 9.17) is 18.0 Å². The Balaban J connectivity index is 2.31. The number of aromatic nitrogens is 2. The standard InChI is InChI=1S/C12H20N4OS/c1-2-3-4-5-6-7-10(17)15-12-9(11(13)18)8-14-16-12/h8H,2-7H2,1H3,(H2,13,18)(H2,14,15,16,17). The SMILES string of the molecule is CCCCCCCC(=O)Nc1[nH]ncc1C(N)=S. The maximum Gasteiger partial charge on any atom is 0.225 e. The van der Waals surface area contributed by atoms with Crippen molar-refractivity contribution in [3.63, 3.8) is 0 Å². The summed E-state index contributed by atoms with van der Waals surface area (Å²) in [6, 6.07) is 0. The molecule has 0 bridgehead atoms. The number of amides is 1. The van der Waals surface area contributed by atoms with Crippen LogP contribution in [0, 0.1) is 0 Å². The van der Waals surface area contributed by atoms with E-state index in [1.54, 1.807) is 0 Å². The van der Waals surface area contributed by atoms with Gasteiger partial charge in [0.05, 0.1) is 11.8 Å². The first-order valence-corrected chi connectivity index (χ1v) is 6.69. The van der Waals surface area contributed by atoms with Gasteiger partial charge in [-0.2, -0.15) is 5.10 Å². The number of unbranched alkanes of at least 4 members (excludes halogenated alkanes) is 4. The molecule has 1 rings (SSSR count). The van der Waals surface area contributed by atoms with E-state index in [9.17, 15) is 4.79 Å². The lowest BCUT2D eigenvalue weighted by atomic mass is 10.1. The fraction of sp³-hybridized carbons (Fsp3) is 0.583. The summed E-state index contributed by atoms with van der Waals surface area (Å²) in [7, 11) is 0. The molecule has 1 heterocycles. The van der Waals surface area contributed by atoms with Crippen LogP contribution < -0.4 is 11.1 Å². The van der Waals surface area contributed by atoms with Gasteiger partial charge in [0.2, 0.25) is 5.91 Å². The molecule has 5 nitrogen and oxygen atoms in total. The second-order valence-electron chi connectivity index (χ2n) is 4.24. The third kappa shape index (κ3) is 4.83. The lowest BCUT2D eigenvalue weighted by Crippen LogP contribution is -2.16. The Kier molecular flexibility index (Phi) is 6.35. The molecule has 1 aromatic rings. The second kappa shape index (κ2) is 7.81. The first kappa shape index (κ1) is 14.6. The number of hydrogen-bond donors (Lipinski definition) is 3. The van der Waals surface area contributed by atoms with Crippen molar-refractivity contribution < 1.29 is 4.79 Å². The summed E-state index contributed by atoms with van der Waals surface area (Å²) < 4.78 is 0. The molecule has 0 aliphatic rings. The molecule has 0 spiro atoms. The predicted molar refractivity (Wildman–Crippen MR) is 76.5 cm³/mol. The van der Waals surface area contributed by atoms with Gasteiger partial charge in [0.25, 0.3) is 0 Å². The molecule has 0 aliphatic heterocycles. The average Bonchev–Trinajstić information content (AvgIpc) is 2.77. The maximum atomic E-state index is 11.7. The zero-order chi connectivity index (χ0) is 13.4. The molecule has 4 N–H and O–H groups in total. The van der Waals surface area contributed by atoms with E-state index in [1.807, 2.05) is 0 Å². The van der Waals surface area contributed by atoms with Gasteiger partial charge in [-0.1, -0.05) is 44.8 Å². The van der Waals surface area contributed by atoms with E-state index in [2.05, 4.69) is 22.4 Å². The Morgan fingerprint density at radius 2 is 2.17 bits per heavy atom. The van der Waals surface area contributed by atoms with Crippen LogP contribution in [0.4, 0.5) is 5.82 Å². The van der Waals surface area contributed by atoms with Crippen molar-refractivity contribution in [2.24, 2.45) is 5.73 Å². The van der Waals surface area contributed by atoms with Crippen molar-refractivity contribution in [2.75, 3.05) is 5.32 Å². The highest BCUT2D eigenvalue weighted by Crippen LogP contribution is 2.12. The third-order valence-corrected chi connectivity index (χ3v) is 2.90. The molecular weight excluding hydrogens is 248 g/mol. The summed E-state index contributed by atoms with van der Waals surface area (Å²) in [4.78, 5) is 11.9. The Bertz CT molecular complexity index is 403. The van der Waals surface area contributed by atoms with Gasteiger partial charge in [0.1, 0.15) is 10.8 Å². The first-order valence-electron chi connectivity index (χ1n) is 6.28. The topological polar surface area (TPSA) is 83.8 Å². The largest absolute Gasteiger partial charge is 0.389 e. The van der Waals surface area contributed by atoms with Crippen LogP contribution in [0.2, 0.25) is 0 Å². The third-order valence-electron chi connectivity index (χ3n) is 2.68. The number of H-pyrrole nitrogens is 1. The summed E-state index contributed by atoms with van der Waals surface area (Å²) in [5.74, 6) is 0.453. The summed E-state index contributed by atoms with van der Waals surface area (Å²) in [6.07, 6.45) is 7.64. The smallest absolute Gasteiger partial charge is 0.225 e. The summed E-state index contributed by atoms with van der Waals surface area (Å²) >= 11 is 4.86. The fourth-order valence-corrected chi connectivity index (χ4v) is 1.81. The molecule has 0 radical (unpaired) electrons. The fourth-order valence-electron chi connectivity index (χ4n) is 1.66. The minimum atomic E-state index is -0.0340. The molecular formula is C12H20N4OS. The minimum absolute atomic E-state index is 0.0340. The number of thiocarbonyl (C=S) groups is 1. The van der Waals surface area contributed by atoms with Crippen molar-refractivity contribution in [3.8, 4) is 0 Å². The van der Waals surface area contributed by atoms with E-state index in [0.717, 1.165) is 12.8 Å². The van der Waals surface area contributed by atoms with E-state index >= 15 is 0 Å². The zero-order valence-electron chi connectivity index (χ0n) is 10.7. The van der Waals surface area contributed by atoms with Crippen LogP contribution in [0.5, 0.6) is 0 Å². The van der Waals surface area contributed by atoms with Gasteiger partial charge in [-0.3, -0.25) is 9.89 Å². The monoisotopic (exact) mass is 268 g/mol. The Hall–Kier alpha value is -1.43. The number of carbonyl (C=O) groups excluding carboxylic acids is 1. The van der Waals surface area contributed by atoms with E-state index < -0.39 is 0 Å². The molecule has 1 aromatic heterocycles. The van der Waals surface area contributed by atoms with Gasteiger partial charge in [-0.25, -0.2) is 0 Å². The lowest BCUT2D eigenvalue weighted by molar-refractivity contribution is -0.116. The Morgan fingerprint density at radius 3 is 2.83 bits per heavy atom. The van der Waals surface area contributed by atoms with Gasteiger partial charge >= 0.3 is 0 Å². The first-order chi connectivity index (χ1) is 8.65. The highest BCUT2D eigenvalue weighted by molar-refractivity contribution is 7.80. The second-order valence-corrected chi connectivity index (χ2v) is 4.68. The zero-order valence-corrected chi connectivity index (χ0v) is 11.5. The molecule has 0 saturated heterocycles. The average molecular weight is 268 g/mol. The number of nitrogens with zero attached hydrogens (tertiary/aromatic N) is 1.